The summed E-state index contributed by atoms with van der Waals surface area (Å²) in [4.78, 5) is 9.43. The number of fused-ring (bicyclic) bond motifs is 11. The van der Waals surface area contributed by atoms with Gasteiger partial charge < -0.3 is 8.83 Å². The summed E-state index contributed by atoms with van der Waals surface area (Å²) in [5, 5.41) is 2.24. The van der Waals surface area contributed by atoms with Crippen molar-refractivity contribution in [1.29, 1.82) is 0 Å². The largest absolute Gasteiger partial charge is 0.464 e. The van der Waals surface area contributed by atoms with Crippen molar-refractivity contribution in [1.82, 2.24) is 9.97 Å². The lowest BCUT2D eigenvalue weighted by atomic mass is 9.86. The van der Waals surface area contributed by atoms with E-state index >= 15 is 0 Å². The molecule has 7 aromatic rings. The van der Waals surface area contributed by atoms with E-state index in [1.807, 2.05) is 30.3 Å². The highest BCUT2D eigenvalue weighted by Crippen LogP contribution is 2.48. The van der Waals surface area contributed by atoms with Crippen LogP contribution in [0.2, 0.25) is 0 Å². The van der Waals surface area contributed by atoms with Crippen molar-refractivity contribution in [3.8, 4) is 56.1 Å². The Balaban J connectivity index is 1.44. The lowest BCUT2D eigenvalue weighted by Crippen LogP contribution is -1.99. The fourth-order valence-electron chi connectivity index (χ4n) is 5.47. The Morgan fingerprint density at radius 2 is 1.28 bits per heavy atom. The van der Waals surface area contributed by atoms with Crippen LogP contribution < -0.4 is 0 Å². The number of benzene rings is 4. The molecule has 1 aliphatic rings. The van der Waals surface area contributed by atoms with Gasteiger partial charge in [0.05, 0.1) is 12.0 Å². The summed E-state index contributed by atoms with van der Waals surface area (Å²) in [6.07, 6.45) is 5.21. The van der Waals surface area contributed by atoms with Gasteiger partial charge in [0.2, 0.25) is 0 Å². The molecule has 0 saturated heterocycles. The van der Waals surface area contributed by atoms with E-state index in [1.165, 1.54) is 0 Å². The molecule has 1 aliphatic carbocycles. The number of para-hydroxylation sites is 2. The van der Waals surface area contributed by atoms with Crippen LogP contribution in [0.1, 0.15) is 0 Å². The van der Waals surface area contributed by atoms with Gasteiger partial charge in [0.15, 0.2) is 0 Å². The van der Waals surface area contributed by atoms with Crippen LogP contribution in [-0.2, 0) is 0 Å². The van der Waals surface area contributed by atoms with Crippen molar-refractivity contribution in [2.24, 2.45) is 0 Å². The molecule has 0 saturated carbocycles. The molecule has 0 unspecified atom stereocenters. The van der Waals surface area contributed by atoms with Crippen molar-refractivity contribution in [3.63, 3.8) is 0 Å². The van der Waals surface area contributed by atoms with Crippen molar-refractivity contribution in [2.75, 3.05) is 0 Å². The second kappa shape index (κ2) is 7.27. The Bertz CT molecular complexity index is 1960. The van der Waals surface area contributed by atoms with Gasteiger partial charge in [0.25, 0.3) is 0 Å². The van der Waals surface area contributed by atoms with Crippen LogP contribution in [0.15, 0.2) is 118 Å². The van der Waals surface area contributed by atoms with Crippen LogP contribution in [0.5, 0.6) is 0 Å². The molecule has 3 heterocycles. The third-order valence-corrected chi connectivity index (χ3v) is 7.07. The van der Waals surface area contributed by atoms with Crippen LogP contribution in [0, 0.1) is 0 Å². The molecule has 0 fully saturated rings. The van der Waals surface area contributed by atoms with Crippen molar-refractivity contribution < 1.29 is 8.83 Å². The quantitative estimate of drug-likeness (QED) is 0.245. The zero-order valence-corrected chi connectivity index (χ0v) is 19.1. The van der Waals surface area contributed by atoms with E-state index in [-0.39, 0.29) is 0 Å². The average molecular weight is 463 g/mol. The second-order valence-electron chi connectivity index (χ2n) is 9.00. The number of hydrogen-bond donors (Lipinski definition) is 0. The molecule has 0 bridgehead atoms. The van der Waals surface area contributed by atoms with Gasteiger partial charge in [-0.05, 0) is 41.0 Å². The third-order valence-electron chi connectivity index (χ3n) is 7.07. The molecule has 168 valence electrons. The number of nitrogens with zero attached hydrogens (tertiary/aromatic N) is 2. The maximum absolute atomic E-state index is 6.35. The van der Waals surface area contributed by atoms with Gasteiger partial charge in [-0.2, -0.15) is 0 Å². The number of furan rings is 2. The molecule has 0 amide bonds. The summed E-state index contributed by atoms with van der Waals surface area (Å²) >= 11 is 0. The molecule has 8 rings (SSSR count). The van der Waals surface area contributed by atoms with Crippen LogP contribution >= 0.6 is 0 Å². The van der Waals surface area contributed by atoms with Gasteiger partial charge in [-0.15, -0.1) is 0 Å². The first kappa shape index (κ1) is 19.4. The van der Waals surface area contributed by atoms with Crippen LogP contribution in [0.4, 0.5) is 0 Å². The van der Waals surface area contributed by atoms with E-state index < -0.39 is 0 Å². The highest BCUT2D eigenvalue weighted by molar-refractivity contribution is 6.10. The minimum absolute atomic E-state index is 0.801. The lowest BCUT2D eigenvalue weighted by molar-refractivity contribution is 0.583. The van der Waals surface area contributed by atoms with Crippen molar-refractivity contribution in [2.45, 2.75) is 0 Å². The number of aromatic nitrogens is 2. The Hall–Kier alpha value is -4.96. The third kappa shape index (κ3) is 2.64. The number of hydrogen-bond acceptors (Lipinski definition) is 4. The van der Waals surface area contributed by atoms with Crippen LogP contribution in [0.3, 0.4) is 0 Å². The maximum atomic E-state index is 6.35. The van der Waals surface area contributed by atoms with E-state index in [9.17, 15) is 0 Å². The van der Waals surface area contributed by atoms with Crippen LogP contribution in [0.25, 0.3) is 78.0 Å². The number of rotatable bonds is 1. The standard InChI is InChI=1S/C32H18N2O2/c1-2-8-23-21(6-1)27-18-19(20-9-5-10-24-22-7-3-4-11-28(22)36-32(20)24)12-13-25(27)31-26(14-17-35-31)30-29(23)33-15-16-34-30/h1-18H. The van der Waals surface area contributed by atoms with Crippen molar-refractivity contribution >= 4 is 21.9 Å². The van der Waals surface area contributed by atoms with Crippen molar-refractivity contribution in [3.05, 3.63) is 110 Å². The smallest absolute Gasteiger partial charge is 0.143 e. The molecule has 4 heteroatoms. The summed E-state index contributed by atoms with van der Waals surface area (Å²) in [6, 6.07) is 31.4. The average Bonchev–Trinajstić information content (AvgIpc) is 3.57. The molecule has 0 atom stereocenters. The highest BCUT2D eigenvalue weighted by atomic mass is 16.3. The van der Waals surface area contributed by atoms with E-state index in [1.54, 1.807) is 18.7 Å². The summed E-state index contributed by atoms with van der Waals surface area (Å²) in [6.45, 7) is 0. The first-order chi connectivity index (χ1) is 17.9. The monoisotopic (exact) mass is 462 g/mol. The first-order valence-corrected chi connectivity index (χ1v) is 11.9. The summed E-state index contributed by atoms with van der Waals surface area (Å²) in [7, 11) is 0. The normalized spacial score (nSPS) is 11.9. The lowest BCUT2D eigenvalue weighted by Gasteiger charge is -2.19. The van der Waals surface area contributed by atoms with E-state index in [0.717, 1.165) is 78.0 Å². The summed E-state index contributed by atoms with van der Waals surface area (Å²) in [5.41, 5.74) is 10.8. The molecule has 4 nitrogen and oxygen atoms in total. The van der Waals surface area contributed by atoms with Crippen LogP contribution in [-0.4, -0.2) is 9.97 Å². The van der Waals surface area contributed by atoms with Gasteiger partial charge in [0, 0.05) is 45.4 Å². The Kier molecular flexibility index (Phi) is 3.91. The van der Waals surface area contributed by atoms with Gasteiger partial charge in [-0.1, -0.05) is 66.7 Å². The molecule has 0 spiro atoms. The molecular weight excluding hydrogens is 444 g/mol. The Morgan fingerprint density at radius 3 is 2.19 bits per heavy atom. The van der Waals surface area contributed by atoms with Gasteiger partial charge in [-0.25, -0.2) is 0 Å². The van der Waals surface area contributed by atoms with Gasteiger partial charge in [-0.3, -0.25) is 9.97 Å². The predicted molar refractivity (Wildman–Crippen MR) is 142 cm³/mol. The summed E-state index contributed by atoms with van der Waals surface area (Å²) < 4.78 is 12.4. The van der Waals surface area contributed by atoms with E-state index in [0.29, 0.717) is 0 Å². The molecule has 4 aromatic carbocycles. The molecule has 36 heavy (non-hydrogen) atoms. The minimum atomic E-state index is 0.801. The van der Waals surface area contributed by atoms with E-state index in [4.69, 9.17) is 18.8 Å². The molecule has 3 aromatic heterocycles. The Labute approximate surface area is 206 Å². The zero-order valence-electron chi connectivity index (χ0n) is 19.1. The molecule has 0 radical (unpaired) electrons. The molecule has 0 N–H and O–H groups in total. The fraction of sp³-hybridized carbons (Fsp3) is 0. The topological polar surface area (TPSA) is 52.1 Å². The maximum Gasteiger partial charge on any atom is 0.143 e. The molecular formula is C32H18N2O2. The second-order valence-corrected chi connectivity index (χ2v) is 9.00. The highest BCUT2D eigenvalue weighted by Gasteiger charge is 2.26. The first-order valence-electron chi connectivity index (χ1n) is 11.9. The van der Waals surface area contributed by atoms with Gasteiger partial charge >= 0.3 is 0 Å². The Morgan fingerprint density at radius 1 is 0.528 bits per heavy atom. The predicted octanol–water partition coefficient (Wildman–Crippen LogP) is 8.62. The van der Waals surface area contributed by atoms with Gasteiger partial charge in [0.1, 0.15) is 22.6 Å². The zero-order chi connectivity index (χ0) is 23.6. The summed E-state index contributed by atoms with van der Waals surface area (Å²) in [5.74, 6) is 0.801. The minimum Gasteiger partial charge on any atom is -0.464 e. The van der Waals surface area contributed by atoms with E-state index in [2.05, 4.69) is 60.7 Å². The fourth-order valence-corrected chi connectivity index (χ4v) is 5.47. The molecule has 0 aliphatic heterocycles. The SMILES string of the molecule is c1ccc2c(c1)-c1cc(-c3cccc4c3oc3ccccc34)ccc1-c1occc1-c1nccnc1-2.